The minimum absolute atomic E-state index is 0.00616. The molecule has 0 bridgehead atoms. The Balaban J connectivity index is 2.07. The van der Waals surface area contributed by atoms with Crippen LogP contribution >= 0.6 is 0 Å². The molecule has 1 fully saturated rings. The molecule has 1 aromatic rings. The van der Waals surface area contributed by atoms with Gasteiger partial charge in [-0.1, -0.05) is 12.1 Å². The van der Waals surface area contributed by atoms with Gasteiger partial charge >= 0.3 is 0 Å². The Labute approximate surface area is 120 Å². The van der Waals surface area contributed by atoms with Crippen molar-refractivity contribution in [1.29, 1.82) is 0 Å². The maximum absolute atomic E-state index is 12.4. The summed E-state index contributed by atoms with van der Waals surface area (Å²) >= 11 is 0. The predicted octanol–water partition coefficient (Wildman–Crippen LogP) is 2.36. The summed E-state index contributed by atoms with van der Waals surface area (Å²) in [7, 11) is 0. The number of hydrogen-bond donors (Lipinski definition) is 0. The summed E-state index contributed by atoms with van der Waals surface area (Å²) in [4.78, 5) is 27.6. The molecule has 2 rings (SSSR count). The van der Waals surface area contributed by atoms with Gasteiger partial charge in [0.2, 0.25) is 11.8 Å². The summed E-state index contributed by atoms with van der Waals surface area (Å²) in [6.45, 7) is 5.48. The number of aryl methyl sites for hydroxylation is 1. The number of likely N-dealkylation sites (tertiary alicyclic amines) is 1. The fourth-order valence-corrected chi connectivity index (χ4v) is 2.58. The van der Waals surface area contributed by atoms with E-state index in [0.29, 0.717) is 19.5 Å². The molecule has 1 aliphatic heterocycles. The SMILES string of the molecule is CCN(C(=O)CN1CCCCC1=O)c1cccc(C)c1. The van der Waals surface area contributed by atoms with E-state index in [1.165, 1.54) is 0 Å². The van der Waals surface area contributed by atoms with E-state index >= 15 is 0 Å². The van der Waals surface area contributed by atoms with Crippen LogP contribution in [0.2, 0.25) is 0 Å². The first-order valence-electron chi connectivity index (χ1n) is 7.26. The second-order valence-electron chi connectivity index (χ2n) is 5.25. The van der Waals surface area contributed by atoms with Crippen molar-refractivity contribution in [2.75, 3.05) is 24.5 Å². The van der Waals surface area contributed by atoms with E-state index in [1.54, 1.807) is 9.80 Å². The fourth-order valence-electron chi connectivity index (χ4n) is 2.58. The van der Waals surface area contributed by atoms with E-state index in [9.17, 15) is 9.59 Å². The number of rotatable bonds is 4. The van der Waals surface area contributed by atoms with Gasteiger partial charge in [-0.3, -0.25) is 9.59 Å². The summed E-state index contributed by atoms with van der Waals surface area (Å²) in [5.74, 6) is 0.0956. The Hall–Kier alpha value is -1.84. The molecule has 0 N–H and O–H groups in total. The molecular weight excluding hydrogens is 252 g/mol. The molecule has 4 nitrogen and oxygen atoms in total. The third-order valence-corrected chi connectivity index (χ3v) is 3.68. The maximum atomic E-state index is 12.4. The monoisotopic (exact) mass is 274 g/mol. The van der Waals surface area contributed by atoms with Crippen molar-refractivity contribution in [3.63, 3.8) is 0 Å². The number of hydrogen-bond acceptors (Lipinski definition) is 2. The van der Waals surface area contributed by atoms with Crippen molar-refractivity contribution in [2.45, 2.75) is 33.1 Å². The minimum Gasteiger partial charge on any atom is -0.333 e. The predicted molar refractivity (Wildman–Crippen MR) is 79.6 cm³/mol. The number of carbonyl (C=O) groups excluding carboxylic acids is 2. The second-order valence-corrected chi connectivity index (χ2v) is 5.25. The van der Waals surface area contributed by atoms with Gasteiger partial charge in [0.1, 0.15) is 6.54 Å². The van der Waals surface area contributed by atoms with Crippen molar-refractivity contribution in [3.8, 4) is 0 Å². The molecule has 0 aromatic heterocycles. The van der Waals surface area contributed by atoms with Crippen molar-refractivity contribution in [1.82, 2.24) is 4.90 Å². The van der Waals surface area contributed by atoms with Crippen LogP contribution in [0.3, 0.4) is 0 Å². The Morgan fingerprint density at radius 2 is 2.15 bits per heavy atom. The number of likely N-dealkylation sites (N-methyl/N-ethyl adjacent to an activating group) is 1. The first-order valence-corrected chi connectivity index (χ1v) is 7.26. The van der Waals surface area contributed by atoms with Gasteiger partial charge in [0.15, 0.2) is 0 Å². The summed E-state index contributed by atoms with van der Waals surface area (Å²) in [5.41, 5.74) is 2.03. The molecule has 2 amide bonds. The fraction of sp³-hybridized carbons (Fsp3) is 0.500. The normalized spacial score (nSPS) is 15.3. The average Bonchev–Trinajstić information content (AvgIpc) is 2.42. The summed E-state index contributed by atoms with van der Waals surface area (Å²) in [6.07, 6.45) is 2.51. The van der Waals surface area contributed by atoms with Crippen LogP contribution in [-0.4, -0.2) is 36.3 Å². The molecule has 108 valence electrons. The molecule has 1 saturated heterocycles. The highest BCUT2D eigenvalue weighted by molar-refractivity contribution is 5.96. The van der Waals surface area contributed by atoms with Crippen LogP contribution in [0.15, 0.2) is 24.3 Å². The Kier molecular flexibility index (Phi) is 4.77. The van der Waals surface area contributed by atoms with Crippen LogP contribution in [-0.2, 0) is 9.59 Å². The molecule has 1 aromatic carbocycles. The van der Waals surface area contributed by atoms with Gasteiger partial charge in [0.05, 0.1) is 0 Å². The lowest BCUT2D eigenvalue weighted by Crippen LogP contribution is -2.44. The number of piperidine rings is 1. The Bertz CT molecular complexity index is 499. The van der Waals surface area contributed by atoms with Crippen LogP contribution in [0.25, 0.3) is 0 Å². The third-order valence-electron chi connectivity index (χ3n) is 3.68. The van der Waals surface area contributed by atoms with E-state index in [2.05, 4.69) is 0 Å². The standard InChI is InChI=1S/C16H22N2O2/c1-3-18(14-8-6-7-13(2)11-14)16(20)12-17-10-5-4-9-15(17)19/h6-8,11H,3-5,9-10,12H2,1-2H3. The van der Waals surface area contributed by atoms with Crippen molar-refractivity contribution in [2.24, 2.45) is 0 Å². The molecule has 0 saturated carbocycles. The molecule has 4 heteroatoms. The van der Waals surface area contributed by atoms with Crippen molar-refractivity contribution in [3.05, 3.63) is 29.8 Å². The maximum Gasteiger partial charge on any atom is 0.246 e. The lowest BCUT2D eigenvalue weighted by atomic mass is 10.1. The molecule has 0 atom stereocenters. The summed E-state index contributed by atoms with van der Waals surface area (Å²) in [6, 6.07) is 7.90. The number of benzene rings is 1. The van der Waals surface area contributed by atoms with E-state index < -0.39 is 0 Å². The van der Waals surface area contributed by atoms with E-state index in [0.717, 1.165) is 24.1 Å². The number of anilines is 1. The van der Waals surface area contributed by atoms with Crippen LogP contribution in [0.4, 0.5) is 5.69 Å². The number of amides is 2. The Morgan fingerprint density at radius 1 is 1.35 bits per heavy atom. The summed E-state index contributed by atoms with van der Waals surface area (Å²) in [5, 5.41) is 0. The molecule has 0 radical (unpaired) electrons. The number of nitrogens with zero attached hydrogens (tertiary/aromatic N) is 2. The quantitative estimate of drug-likeness (QED) is 0.845. The average molecular weight is 274 g/mol. The van der Waals surface area contributed by atoms with Crippen molar-refractivity contribution >= 4 is 17.5 Å². The lowest BCUT2D eigenvalue weighted by Gasteiger charge is -2.29. The van der Waals surface area contributed by atoms with Gasteiger partial charge in [-0.2, -0.15) is 0 Å². The van der Waals surface area contributed by atoms with Crippen LogP contribution in [0, 0.1) is 6.92 Å². The van der Waals surface area contributed by atoms with E-state index in [-0.39, 0.29) is 18.4 Å². The van der Waals surface area contributed by atoms with Gasteiger partial charge in [-0.05, 0) is 44.4 Å². The van der Waals surface area contributed by atoms with Crippen LogP contribution in [0.1, 0.15) is 31.7 Å². The molecule has 0 spiro atoms. The Morgan fingerprint density at radius 3 is 2.80 bits per heavy atom. The molecule has 0 aliphatic carbocycles. The first kappa shape index (κ1) is 14.6. The van der Waals surface area contributed by atoms with Gasteiger partial charge in [-0.25, -0.2) is 0 Å². The van der Waals surface area contributed by atoms with Crippen molar-refractivity contribution < 1.29 is 9.59 Å². The van der Waals surface area contributed by atoms with Gasteiger partial charge in [0, 0.05) is 25.2 Å². The lowest BCUT2D eigenvalue weighted by molar-refractivity contribution is -0.137. The zero-order chi connectivity index (χ0) is 14.5. The largest absolute Gasteiger partial charge is 0.333 e. The highest BCUT2D eigenvalue weighted by Gasteiger charge is 2.23. The summed E-state index contributed by atoms with van der Waals surface area (Å²) < 4.78 is 0. The zero-order valence-corrected chi connectivity index (χ0v) is 12.3. The molecule has 1 heterocycles. The third kappa shape index (κ3) is 3.38. The zero-order valence-electron chi connectivity index (χ0n) is 12.3. The highest BCUT2D eigenvalue weighted by Crippen LogP contribution is 2.17. The van der Waals surface area contributed by atoms with Gasteiger partial charge in [0.25, 0.3) is 0 Å². The molecule has 1 aliphatic rings. The second kappa shape index (κ2) is 6.55. The minimum atomic E-state index is -0.00616. The van der Waals surface area contributed by atoms with E-state index in [1.807, 2.05) is 38.1 Å². The molecular formula is C16H22N2O2. The highest BCUT2D eigenvalue weighted by atomic mass is 16.2. The van der Waals surface area contributed by atoms with Gasteiger partial charge in [-0.15, -0.1) is 0 Å². The molecule has 0 unspecified atom stereocenters. The van der Waals surface area contributed by atoms with Gasteiger partial charge < -0.3 is 9.80 Å². The topological polar surface area (TPSA) is 40.6 Å². The smallest absolute Gasteiger partial charge is 0.246 e. The van der Waals surface area contributed by atoms with E-state index in [4.69, 9.17) is 0 Å². The van der Waals surface area contributed by atoms with Crippen LogP contribution in [0.5, 0.6) is 0 Å². The number of carbonyl (C=O) groups is 2. The molecule has 20 heavy (non-hydrogen) atoms. The van der Waals surface area contributed by atoms with Crippen LogP contribution < -0.4 is 4.90 Å². The first-order chi connectivity index (χ1) is 9.61.